The summed E-state index contributed by atoms with van der Waals surface area (Å²) in [6.07, 6.45) is 4.17. The Kier molecular flexibility index (Phi) is 6.14. The van der Waals surface area contributed by atoms with Crippen LogP contribution in [0.25, 0.3) is 0 Å². The lowest BCUT2D eigenvalue weighted by molar-refractivity contribution is -0.385. The van der Waals surface area contributed by atoms with Gasteiger partial charge >= 0.3 is 5.97 Å². The number of carbonyl (C=O) groups excluding carboxylic acids is 2. The predicted molar refractivity (Wildman–Crippen MR) is 88.0 cm³/mol. The summed E-state index contributed by atoms with van der Waals surface area (Å²) in [6, 6.07) is 3.67. The van der Waals surface area contributed by atoms with Crippen molar-refractivity contribution < 1.29 is 19.2 Å². The molecule has 130 valence electrons. The molecule has 1 aliphatic carbocycles. The fourth-order valence-electron chi connectivity index (χ4n) is 2.82. The van der Waals surface area contributed by atoms with Crippen LogP contribution in [0.4, 0.5) is 5.69 Å². The van der Waals surface area contributed by atoms with Gasteiger partial charge in [0.25, 0.3) is 11.6 Å². The van der Waals surface area contributed by atoms with E-state index in [4.69, 9.17) is 16.3 Å². The molecule has 0 aliphatic heterocycles. The SMILES string of the molecule is C[C@H]1CCCC[C@H]1NC(=O)COC(=O)c1cc(Cl)ccc1[N+](=O)[O-]. The summed E-state index contributed by atoms with van der Waals surface area (Å²) in [6.45, 7) is 1.59. The van der Waals surface area contributed by atoms with Crippen molar-refractivity contribution in [2.45, 2.75) is 38.6 Å². The van der Waals surface area contributed by atoms with Crippen LogP contribution < -0.4 is 5.32 Å². The monoisotopic (exact) mass is 354 g/mol. The zero-order valence-electron chi connectivity index (χ0n) is 13.3. The highest BCUT2D eigenvalue weighted by Crippen LogP contribution is 2.24. The molecule has 8 heteroatoms. The van der Waals surface area contributed by atoms with E-state index in [0.717, 1.165) is 37.8 Å². The van der Waals surface area contributed by atoms with Crippen molar-refractivity contribution >= 4 is 29.2 Å². The van der Waals surface area contributed by atoms with E-state index in [9.17, 15) is 19.7 Å². The molecule has 2 atom stereocenters. The minimum absolute atomic E-state index is 0.0745. The summed E-state index contributed by atoms with van der Waals surface area (Å²) in [5.74, 6) is -0.977. The highest BCUT2D eigenvalue weighted by molar-refractivity contribution is 6.31. The number of nitro benzene ring substituents is 1. The molecule has 7 nitrogen and oxygen atoms in total. The molecule has 1 N–H and O–H groups in total. The maximum Gasteiger partial charge on any atom is 0.345 e. The maximum atomic E-state index is 12.0. The summed E-state index contributed by atoms with van der Waals surface area (Å²) >= 11 is 5.76. The first-order chi connectivity index (χ1) is 11.4. The van der Waals surface area contributed by atoms with Gasteiger partial charge < -0.3 is 10.1 Å². The predicted octanol–water partition coefficient (Wildman–Crippen LogP) is 3.10. The van der Waals surface area contributed by atoms with Gasteiger partial charge in [0, 0.05) is 17.1 Å². The molecule has 0 unspecified atom stereocenters. The molecule has 1 fully saturated rings. The lowest BCUT2D eigenvalue weighted by Crippen LogP contribution is -2.42. The molecule has 0 radical (unpaired) electrons. The number of halogens is 1. The van der Waals surface area contributed by atoms with Crippen molar-refractivity contribution in [1.29, 1.82) is 0 Å². The van der Waals surface area contributed by atoms with Crippen LogP contribution in [0.2, 0.25) is 5.02 Å². The molecule has 2 rings (SSSR count). The molecular formula is C16H19ClN2O5. The number of hydrogen-bond donors (Lipinski definition) is 1. The van der Waals surface area contributed by atoms with Crippen molar-refractivity contribution in [3.05, 3.63) is 38.9 Å². The van der Waals surface area contributed by atoms with E-state index in [1.54, 1.807) is 0 Å². The third kappa shape index (κ3) is 4.67. The van der Waals surface area contributed by atoms with Gasteiger partial charge in [-0.25, -0.2) is 4.79 Å². The molecule has 1 amide bonds. The fraction of sp³-hybridized carbons (Fsp3) is 0.500. The lowest BCUT2D eigenvalue weighted by atomic mass is 9.86. The van der Waals surface area contributed by atoms with E-state index in [1.807, 2.05) is 0 Å². The molecule has 1 aromatic rings. The van der Waals surface area contributed by atoms with Crippen LogP contribution in [0.3, 0.4) is 0 Å². The van der Waals surface area contributed by atoms with E-state index in [1.165, 1.54) is 6.07 Å². The number of nitrogens with one attached hydrogen (secondary N) is 1. The van der Waals surface area contributed by atoms with Crippen molar-refractivity contribution in [2.75, 3.05) is 6.61 Å². The third-order valence-electron chi connectivity index (χ3n) is 4.17. The molecule has 0 heterocycles. The number of benzene rings is 1. The number of hydrogen-bond acceptors (Lipinski definition) is 5. The highest BCUT2D eigenvalue weighted by Gasteiger charge is 2.25. The second-order valence-electron chi connectivity index (χ2n) is 5.93. The Hall–Kier alpha value is -2.15. The van der Waals surface area contributed by atoms with Gasteiger partial charge in [0.05, 0.1) is 4.92 Å². The van der Waals surface area contributed by atoms with Gasteiger partial charge in [0.2, 0.25) is 0 Å². The molecule has 24 heavy (non-hydrogen) atoms. The van der Waals surface area contributed by atoms with Crippen LogP contribution >= 0.6 is 11.6 Å². The molecule has 0 saturated heterocycles. The average Bonchev–Trinajstić information content (AvgIpc) is 2.54. The van der Waals surface area contributed by atoms with Crippen LogP contribution in [-0.4, -0.2) is 29.4 Å². The third-order valence-corrected chi connectivity index (χ3v) is 4.40. The van der Waals surface area contributed by atoms with Gasteiger partial charge in [-0.1, -0.05) is 31.4 Å². The molecule has 0 bridgehead atoms. The Morgan fingerprint density at radius 1 is 1.38 bits per heavy atom. The number of esters is 1. The number of ether oxygens (including phenoxy) is 1. The van der Waals surface area contributed by atoms with Gasteiger partial charge in [-0.05, 0) is 30.9 Å². The Balaban J connectivity index is 1.94. The minimum Gasteiger partial charge on any atom is -0.452 e. The Morgan fingerprint density at radius 3 is 2.75 bits per heavy atom. The topological polar surface area (TPSA) is 98.5 Å². The van der Waals surface area contributed by atoms with Crippen LogP contribution in [0.1, 0.15) is 43.0 Å². The standard InChI is InChI=1S/C16H19ClN2O5/c1-10-4-2-3-5-13(10)18-15(20)9-24-16(21)12-8-11(17)6-7-14(12)19(22)23/h6-8,10,13H,2-5,9H2,1H3,(H,18,20)/t10-,13+/m0/s1. The van der Waals surface area contributed by atoms with Gasteiger partial charge in [0.15, 0.2) is 6.61 Å². The second-order valence-corrected chi connectivity index (χ2v) is 6.37. The summed E-state index contributed by atoms with van der Waals surface area (Å²) in [5, 5.41) is 14.0. The van der Waals surface area contributed by atoms with E-state index in [-0.39, 0.29) is 16.6 Å². The van der Waals surface area contributed by atoms with E-state index >= 15 is 0 Å². The van der Waals surface area contributed by atoms with Gasteiger partial charge in [-0.3, -0.25) is 14.9 Å². The largest absolute Gasteiger partial charge is 0.452 e. The number of nitro groups is 1. The smallest absolute Gasteiger partial charge is 0.345 e. The number of carbonyl (C=O) groups is 2. The van der Waals surface area contributed by atoms with Crippen molar-refractivity contribution in [1.82, 2.24) is 5.32 Å². The molecule has 0 aromatic heterocycles. The van der Waals surface area contributed by atoms with E-state index in [0.29, 0.717) is 5.92 Å². The first kappa shape index (κ1) is 18.2. The first-order valence-corrected chi connectivity index (χ1v) is 8.16. The van der Waals surface area contributed by atoms with Gasteiger partial charge in [0.1, 0.15) is 5.56 Å². The van der Waals surface area contributed by atoms with E-state index < -0.39 is 29.1 Å². The Bertz CT molecular complexity index is 649. The van der Waals surface area contributed by atoms with Crippen molar-refractivity contribution in [3.8, 4) is 0 Å². The lowest BCUT2D eigenvalue weighted by Gasteiger charge is -2.29. The van der Waals surface area contributed by atoms with Crippen LogP contribution in [0, 0.1) is 16.0 Å². The quantitative estimate of drug-likeness (QED) is 0.497. The van der Waals surface area contributed by atoms with Crippen molar-refractivity contribution in [3.63, 3.8) is 0 Å². The average molecular weight is 355 g/mol. The number of amides is 1. The fourth-order valence-corrected chi connectivity index (χ4v) is 2.99. The number of nitrogens with zero attached hydrogens (tertiary/aromatic N) is 1. The molecular weight excluding hydrogens is 336 g/mol. The van der Waals surface area contributed by atoms with Crippen LogP contribution in [-0.2, 0) is 9.53 Å². The van der Waals surface area contributed by atoms with E-state index in [2.05, 4.69) is 12.2 Å². The summed E-state index contributed by atoms with van der Waals surface area (Å²) in [5.41, 5.74) is -0.683. The minimum atomic E-state index is -0.948. The van der Waals surface area contributed by atoms with Crippen molar-refractivity contribution in [2.24, 2.45) is 5.92 Å². The Labute approximate surface area is 144 Å². The first-order valence-electron chi connectivity index (χ1n) is 7.79. The zero-order valence-corrected chi connectivity index (χ0v) is 14.0. The Morgan fingerprint density at radius 2 is 2.08 bits per heavy atom. The second kappa shape index (κ2) is 8.10. The normalized spacial score (nSPS) is 20.2. The van der Waals surface area contributed by atoms with Gasteiger partial charge in [-0.2, -0.15) is 0 Å². The summed E-state index contributed by atoms with van der Waals surface area (Å²) in [7, 11) is 0. The molecule has 0 spiro atoms. The zero-order chi connectivity index (χ0) is 17.7. The van der Waals surface area contributed by atoms with Crippen LogP contribution in [0.5, 0.6) is 0 Å². The number of rotatable bonds is 5. The maximum absolute atomic E-state index is 12.0. The molecule has 1 saturated carbocycles. The summed E-state index contributed by atoms with van der Waals surface area (Å²) in [4.78, 5) is 34.2. The molecule has 1 aliphatic rings. The summed E-state index contributed by atoms with van der Waals surface area (Å²) < 4.78 is 4.90. The highest BCUT2D eigenvalue weighted by atomic mass is 35.5. The molecule has 1 aromatic carbocycles. The van der Waals surface area contributed by atoms with Crippen LogP contribution in [0.15, 0.2) is 18.2 Å². The van der Waals surface area contributed by atoms with Gasteiger partial charge in [-0.15, -0.1) is 0 Å².